The molecular weight excluding hydrogens is 343 g/mol. The maximum atomic E-state index is 13.2. The van der Waals surface area contributed by atoms with Gasteiger partial charge in [-0.05, 0) is 34.1 Å². The summed E-state index contributed by atoms with van der Waals surface area (Å²) in [5.41, 5.74) is 6.01. The number of halogens is 2. The largest absolute Gasteiger partial charge is 0.481 e. The van der Waals surface area contributed by atoms with Crippen LogP contribution in [0, 0.1) is 5.82 Å². The summed E-state index contributed by atoms with van der Waals surface area (Å²) in [7, 11) is 1.50. The van der Waals surface area contributed by atoms with E-state index in [1.165, 1.54) is 13.2 Å². The van der Waals surface area contributed by atoms with E-state index in [9.17, 15) is 9.18 Å². The molecule has 0 atom stereocenters. The van der Waals surface area contributed by atoms with Gasteiger partial charge in [-0.15, -0.1) is 0 Å². The van der Waals surface area contributed by atoms with E-state index in [1.807, 2.05) is 0 Å². The van der Waals surface area contributed by atoms with Gasteiger partial charge in [0.15, 0.2) is 0 Å². The highest BCUT2D eigenvalue weighted by Crippen LogP contribution is 2.23. The molecule has 0 spiro atoms. The number of benzene rings is 1. The molecule has 2 rings (SSSR count). The summed E-state index contributed by atoms with van der Waals surface area (Å²) in [5.74, 6) is -0.804. The first-order chi connectivity index (χ1) is 10.0. The number of carbonyl (C=O) groups is 1. The third-order valence-electron chi connectivity index (χ3n) is 2.65. The lowest BCUT2D eigenvalue weighted by atomic mass is 10.2. The third kappa shape index (κ3) is 3.69. The van der Waals surface area contributed by atoms with E-state index in [-0.39, 0.29) is 22.3 Å². The second-order valence-electron chi connectivity index (χ2n) is 4.10. The Hall–Kier alpha value is -2.15. The van der Waals surface area contributed by atoms with Gasteiger partial charge < -0.3 is 15.2 Å². The fourth-order valence-corrected chi connectivity index (χ4v) is 2.07. The highest BCUT2D eigenvalue weighted by atomic mass is 79.9. The number of aromatic nitrogens is 1. The van der Waals surface area contributed by atoms with Crippen LogP contribution in [0.1, 0.15) is 16.1 Å². The number of nitrogens with zero attached hydrogens (tertiary/aromatic N) is 1. The van der Waals surface area contributed by atoms with Gasteiger partial charge in [0, 0.05) is 10.5 Å². The summed E-state index contributed by atoms with van der Waals surface area (Å²) in [4.78, 5) is 16.1. The van der Waals surface area contributed by atoms with Gasteiger partial charge in [0.25, 0.3) is 0 Å². The summed E-state index contributed by atoms with van der Waals surface area (Å²) >= 11 is 3.10. The molecule has 0 radical (unpaired) electrons. The van der Waals surface area contributed by atoms with Crippen molar-refractivity contribution in [2.45, 2.75) is 6.61 Å². The zero-order chi connectivity index (χ0) is 15.4. The molecule has 0 aliphatic heterocycles. The van der Waals surface area contributed by atoms with Crippen molar-refractivity contribution < 1.29 is 18.7 Å². The van der Waals surface area contributed by atoms with Crippen molar-refractivity contribution in [3.63, 3.8) is 0 Å². The second kappa shape index (κ2) is 6.53. The molecule has 2 aromatic rings. The first kappa shape index (κ1) is 15.2. The minimum absolute atomic E-state index is 0.0280. The number of hydrogen-bond acceptors (Lipinski definition) is 5. The molecule has 0 saturated carbocycles. The molecule has 0 fully saturated rings. The van der Waals surface area contributed by atoms with Gasteiger partial charge in [-0.1, -0.05) is 6.07 Å². The zero-order valence-corrected chi connectivity index (χ0v) is 12.7. The summed E-state index contributed by atoms with van der Waals surface area (Å²) < 4.78 is 23.6. The molecule has 0 unspecified atom stereocenters. The van der Waals surface area contributed by atoms with E-state index in [0.29, 0.717) is 11.6 Å². The van der Waals surface area contributed by atoms with Gasteiger partial charge in [-0.3, -0.25) is 0 Å². The van der Waals surface area contributed by atoms with Crippen molar-refractivity contribution in [2.75, 3.05) is 12.8 Å². The molecule has 1 heterocycles. The summed E-state index contributed by atoms with van der Waals surface area (Å²) in [6, 6.07) is 7.46. The summed E-state index contributed by atoms with van der Waals surface area (Å²) in [6.45, 7) is -0.0280. The van der Waals surface area contributed by atoms with E-state index in [1.54, 1.807) is 18.2 Å². The average molecular weight is 355 g/mol. The number of hydrogen-bond donors (Lipinski definition) is 1. The number of carbonyl (C=O) groups excluding carboxylic acids is 1. The molecule has 110 valence electrons. The Balaban J connectivity index is 2.10. The summed E-state index contributed by atoms with van der Waals surface area (Å²) in [5, 5.41) is 0. The van der Waals surface area contributed by atoms with Crippen molar-refractivity contribution in [1.29, 1.82) is 0 Å². The lowest BCUT2D eigenvalue weighted by Crippen LogP contribution is -2.08. The Kier molecular flexibility index (Phi) is 4.74. The van der Waals surface area contributed by atoms with Crippen LogP contribution in [0.5, 0.6) is 5.88 Å². The van der Waals surface area contributed by atoms with Gasteiger partial charge in [0.05, 0.1) is 24.1 Å². The maximum absolute atomic E-state index is 13.2. The molecule has 2 N–H and O–H groups in total. The lowest BCUT2D eigenvalue weighted by Gasteiger charge is -2.08. The number of ether oxygens (including phenoxy) is 2. The number of pyridine rings is 1. The molecule has 21 heavy (non-hydrogen) atoms. The Morgan fingerprint density at radius 2 is 2.19 bits per heavy atom. The number of nitrogens with two attached hydrogens (primary N) is 1. The molecule has 0 bridgehead atoms. The van der Waals surface area contributed by atoms with Crippen LogP contribution in [0.2, 0.25) is 0 Å². The second-order valence-corrected chi connectivity index (χ2v) is 4.96. The smallest absolute Gasteiger partial charge is 0.339 e. The van der Waals surface area contributed by atoms with Crippen molar-refractivity contribution in [1.82, 2.24) is 4.98 Å². The van der Waals surface area contributed by atoms with Crippen molar-refractivity contribution >= 4 is 27.6 Å². The van der Waals surface area contributed by atoms with Gasteiger partial charge in [0.1, 0.15) is 12.4 Å². The minimum Gasteiger partial charge on any atom is -0.481 e. The first-order valence-electron chi connectivity index (χ1n) is 5.93. The molecule has 7 heteroatoms. The van der Waals surface area contributed by atoms with E-state index < -0.39 is 11.8 Å². The molecular formula is C14H12BrFN2O3. The van der Waals surface area contributed by atoms with Gasteiger partial charge in [-0.25, -0.2) is 14.2 Å². The molecule has 1 aromatic heterocycles. The van der Waals surface area contributed by atoms with Gasteiger partial charge in [-0.2, -0.15) is 0 Å². The lowest BCUT2D eigenvalue weighted by molar-refractivity contribution is 0.0466. The Morgan fingerprint density at radius 1 is 1.43 bits per heavy atom. The van der Waals surface area contributed by atoms with Gasteiger partial charge >= 0.3 is 5.97 Å². The van der Waals surface area contributed by atoms with Crippen molar-refractivity contribution in [2.24, 2.45) is 0 Å². The van der Waals surface area contributed by atoms with E-state index >= 15 is 0 Å². The van der Waals surface area contributed by atoms with Crippen molar-refractivity contribution in [3.8, 4) is 5.88 Å². The van der Waals surface area contributed by atoms with Crippen molar-refractivity contribution in [3.05, 3.63) is 51.9 Å². The van der Waals surface area contributed by atoms with Crippen LogP contribution in [0.15, 0.2) is 34.8 Å². The van der Waals surface area contributed by atoms with Crippen LogP contribution in [0.3, 0.4) is 0 Å². The third-order valence-corrected chi connectivity index (χ3v) is 3.30. The molecule has 0 amide bonds. The Labute approximate surface area is 129 Å². The Morgan fingerprint density at radius 3 is 2.90 bits per heavy atom. The first-order valence-corrected chi connectivity index (χ1v) is 6.72. The summed E-state index contributed by atoms with van der Waals surface area (Å²) in [6.07, 6.45) is 0. The molecule has 0 aliphatic carbocycles. The van der Waals surface area contributed by atoms with Crippen LogP contribution >= 0.6 is 15.9 Å². The maximum Gasteiger partial charge on any atom is 0.339 e. The number of nitrogen functional groups attached to an aromatic ring is 1. The van der Waals surface area contributed by atoms with E-state index in [0.717, 1.165) is 6.07 Å². The zero-order valence-electron chi connectivity index (χ0n) is 11.1. The highest BCUT2D eigenvalue weighted by Gasteiger charge is 2.15. The van der Waals surface area contributed by atoms with Crippen LogP contribution in [0.4, 0.5) is 10.1 Å². The number of anilines is 1. The Bertz CT molecular complexity index is 679. The monoisotopic (exact) mass is 354 g/mol. The van der Waals surface area contributed by atoms with Crippen LogP contribution in [-0.4, -0.2) is 18.1 Å². The number of esters is 1. The normalized spacial score (nSPS) is 10.2. The minimum atomic E-state index is -0.627. The van der Waals surface area contributed by atoms with Crippen LogP contribution < -0.4 is 10.5 Å². The molecule has 0 saturated heterocycles. The van der Waals surface area contributed by atoms with Gasteiger partial charge in [0.2, 0.25) is 5.88 Å². The predicted molar refractivity (Wildman–Crippen MR) is 78.4 cm³/mol. The molecule has 1 aromatic carbocycles. The molecule has 0 aliphatic rings. The highest BCUT2D eigenvalue weighted by molar-refractivity contribution is 9.10. The fourth-order valence-electron chi connectivity index (χ4n) is 1.59. The van der Waals surface area contributed by atoms with E-state index in [4.69, 9.17) is 15.2 Å². The number of rotatable bonds is 4. The fraction of sp³-hybridized carbons (Fsp3) is 0.143. The quantitative estimate of drug-likeness (QED) is 0.674. The molecule has 5 nitrogen and oxygen atoms in total. The predicted octanol–water partition coefficient (Wildman–Crippen LogP) is 2.93. The number of methoxy groups -OCH3 is 1. The van der Waals surface area contributed by atoms with E-state index in [2.05, 4.69) is 20.9 Å². The average Bonchev–Trinajstić information content (AvgIpc) is 2.48. The van der Waals surface area contributed by atoms with Crippen LogP contribution in [-0.2, 0) is 11.3 Å². The standard InChI is InChI=1S/C14H12BrFN2O3/c1-20-13-4-2-3-8(18-13)7-21-14(19)9-5-12(17)11(16)6-10(9)15/h2-6H,7,17H2,1H3. The topological polar surface area (TPSA) is 74.4 Å². The SMILES string of the molecule is COc1cccc(COC(=O)c2cc(N)c(F)cc2Br)n1. The van der Waals surface area contributed by atoms with Crippen LogP contribution in [0.25, 0.3) is 0 Å².